The van der Waals surface area contributed by atoms with E-state index in [4.69, 9.17) is 14.6 Å². The number of pyridine rings is 2. The molecule has 0 saturated heterocycles. The molecule has 0 unspecified atom stereocenters. The molecule has 258 valence electrons. The van der Waals surface area contributed by atoms with Gasteiger partial charge in [0.1, 0.15) is 40.5 Å². The number of aromatic nitrogens is 2. The van der Waals surface area contributed by atoms with E-state index in [1.54, 1.807) is 18.3 Å². The standard InChI is InChI=1S/C34H32F4N4O7/c1-32(31(46)40-14-22(44)15-43)17-48-29-24(32)13-26(42-28(29)18-4-6-21(35)7-5-18)33(47,34(36,37)38)16-41-30(45)20-11-19-3-2-10-39-27(19)25(12-20)49-23-8-9-23/h2-7,10-13,22-23,43-44,47H,8-9,14-17H2,1H3,(H,40,46)(H,41,45)/t22-,32-,33-/m0/s1. The lowest BCUT2D eigenvalue weighted by Crippen LogP contribution is -2.52. The zero-order chi connectivity index (χ0) is 35.1. The van der Waals surface area contributed by atoms with Gasteiger partial charge in [0.15, 0.2) is 0 Å². The largest absolute Gasteiger partial charge is 0.489 e. The fourth-order valence-electron chi connectivity index (χ4n) is 5.45. The second-order valence-electron chi connectivity index (χ2n) is 12.3. The van der Waals surface area contributed by atoms with Gasteiger partial charge in [-0.3, -0.25) is 14.6 Å². The number of amides is 2. The predicted octanol–water partition coefficient (Wildman–Crippen LogP) is 3.28. The quantitative estimate of drug-likeness (QED) is 0.149. The number of aliphatic hydroxyl groups is 3. The Morgan fingerprint density at radius 1 is 1.12 bits per heavy atom. The number of hydrogen-bond donors (Lipinski definition) is 5. The van der Waals surface area contributed by atoms with E-state index in [1.807, 2.05) is 0 Å². The normalized spacial score (nSPS) is 19.0. The third-order valence-electron chi connectivity index (χ3n) is 8.55. The zero-order valence-corrected chi connectivity index (χ0v) is 26.1. The Balaban J connectivity index is 1.39. The molecule has 2 aliphatic rings. The number of hydrogen-bond acceptors (Lipinski definition) is 9. The zero-order valence-electron chi connectivity index (χ0n) is 26.1. The molecule has 0 spiro atoms. The molecule has 2 aromatic carbocycles. The van der Waals surface area contributed by atoms with Crippen LogP contribution < -0.4 is 20.1 Å². The van der Waals surface area contributed by atoms with Crippen LogP contribution in [0.5, 0.6) is 11.5 Å². The lowest BCUT2D eigenvalue weighted by Gasteiger charge is -2.31. The van der Waals surface area contributed by atoms with E-state index in [0.29, 0.717) is 16.7 Å². The number of fused-ring (bicyclic) bond motifs is 2. The number of nitrogens with one attached hydrogen (secondary N) is 2. The van der Waals surface area contributed by atoms with Gasteiger partial charge in [-0.15, -0.1) is 0 Å². The highest BCUT2D eigenvalue weighted by molar-refractivity contribution is 6.00. The predicted molar refractivity (Wildman–Crippen MR) is 166 cm³/mol. The average molecular weight is 685 g/mol. The van der Waals surface area contributed by atoms with Crippen molar-refractivity contribution in [3.63, 3.8) is 0 Å². The molecule has 0 bridgehead atoms. The van der Waals surface area contributed by atoms with Crippen LogP contribution in [0.4, 0.5) is 17.6 Å². The molecular formula is C34H32F4N4O7. The number of aliphatic hydroxyl groups excluding tert-OH is 2. The molecule has 15 heteroatoms. The summed E-state index contributed by atoms with van der Waals surface area (Å²) in [6, 6.07) is 11.7. The van der Waals surface area contributed by atoms with Crippen molar-refractivity contribution in [3.05, 3.63) is 83.4 Å². The first-order chi connectivity index (χ1) is 23.2. The molecule has 3 heterocycles. The highest BCUT2D eigenvalue weighted by Gasteiger charge is 2.58. The second kappa shape index (κ2) is 12.9. The van der Waals surface area contributed by atoms with Gasteiger partial charge in [0, 0.05) is 34.8 Å². The van der Waals surface area contributed by atoms with Crippen molar-refractivity contribution in [2.24, 2.45) is 0 Å². The Labute approximate surface area is 276 Å². The summed E-state index contributed by atoms with van der Waals surface area (Å²) < 4.78 is 70.3. The third kappa shape index (κ3) is 6.60. The van der Waals surface area contributed by atoms with Crippen molar-refractivity contribution >= 4 is 22.7 Å². The van der Waals surface area contributed by atoms with E-state index in [1.165, 1.54) is 31.2 Å². The van der Waals surface area contributed by atoms with Crippen molar-refractivity contribution < 1.29 is 51.9 Å². The fraction of sp³-hybridized carbons (Fsp3) is 0.353. The summed E-state index contributed by atoms with van der Waals surface area (Å²) in [5.41, 5.74) is -6.11. The molecule has 6 rings (SSSR count). The number of nitrogens with zero attached hydrogens (tertiary/aromatic N) is 2. The fourth-order valence-corrected chi connectivity index (χ4v) is 5.45. The van der Waals surface area contributed by atoms with Gasteiger partial charge in [-0.1, -0.05) is 6.07 Å². The van der Waals surface area contributed by atoms with Crippen molar-refractivity contribution in [3.8, 4) is 22.8 Å². The van der Waals surface area contributed by atoms with Crippen LogP contribution in [0.15, 0.2) is 60.8 Å². The van der Waals surface area contributed by atoms with Crippen molar-refractivity contribution in [1.82, 2.24) is 20.6 Å². The molecule has 1 saturated carbocycles. The average Bonchev–Trinajstić information content (AvgIpc) is 3.84. The van der Waals surface area contributed by atoms with Crippen LogP contribution >= 0.6 is 0 Å². The van der Waals surface area contributed by atoms with Gasteiger partial charge in [-0.2, -0.15) is 13.2 Å². The minimum atomic E-state index is -5.40. The molecule has 2 amide bonds. The van der Waals surface area contributed by atoms with Crippen LogP contribution in [-0.2, 0) is 15.8 Å². The lowest BCUT2D eigenvalue weighted by atomic mass is 9.81. The maximum atomic E-state index is 14.9. The molecule has 5 N–H and O–H groups in total. The minimum absolute atomic E-state index is 0.0303. The van der Waals surface area contributed by atoms with E-state index in [2.05, 4.69) is 20.6 Å². The Bertz CT molecular complexity index is 1900. The number of carbonyl (C=O) groups excluding carboxylic acids is 2. The Morgan fingerprint density at radius 3 is 2.53 bits per heavy atom. The summed E-state index contributed by atoms with van der Waals surface area (Å²) in [5.74, 6) is -2.10. The summed E-state index contributed by atoms with van der Waals surface area (Å²) in [4.78, 5) is 35.2. The van der Waals surface area contributed by atoms with E-state index in [0.717, 1.165) is 31.0 Å². The van der Waals surface area contributed by atoms with E-state index in [9.17, 15) is 37.4 Å². The third-order valence-corrected chi connectivity index (χ3v) is 8.55. The number of benzene rings is 2. The summed E-state index contributed by atoms with van der Waals surface area (Å²) in [5, 5.41) is 35.5. The minimum Gasteiger partial charge on any atom is -0.489 e. The summed E-state index contributed by atoms with van der Waals surface area (Å²) in [7, 11) is 0. The van der Waals surface area contributed by atoms with E-state index < -0.39 is 59.8 Å². The van der Waals surface area contributed by atoms with Gasteiger partial charge in [0.05, 0.1) is 31.1 Å². The van der Waals surface area contributed by atoms with Gasteiger partial charge in [0.2, 0.25) is 11.5 Å². The molecule has 1 aliphatic carbocycles. The Morgan fingerprint density at radius 2 is 1.86 bits per heavy atom. The first-order valence-corrected chi connectivity index (χ1v) is 15.4. The molecule has 4 aromatic rings. The monoisotopic (exact) mass is 684 g/mol. The van der Waals surface area contributed by atoms with Crippen LogP contribution in [0, 0.1) is 5.82 Å². The summed E-state index contributed by atoms with van der Waals surface area (Å²) in [6.45, 7) is -1.35. The maximum Gasteiger partial charge on any atom is 0.424 e. The van der Waals surface area contributed by atoms with Gasteiger partial charge in [-0.05, 0) is 68.3 Å². The van der Waals surface area contributed by atoms with Gasteiger partial charge < -0.3 is 35.4 Å². The van der Waals surface area contributed by atoms with Gasteiger partial charge >= 0.3 is 6.18 Å². The molecule has 2 aromatic heterocycles. The molecule has 1 aliphatic heterocycles. The first kappa shape index (κ1) is 34.0. The maximum absolute atomic E-state index is 14.9. The topological polar surface area (TPSA) is 163 Å². The van der Waals surface area contributed by atoms with E-state index in [-0.39, 0.29) is 47.4 Å². The number of rotatable bonds is 11. The summed E-state index contributed by atoms with van der Waals surface area (Å²) >= 11 is 0. The van der Waals surface area contributed by atoms with Crippen molar-refractivity contribution in [2.45, 2.75) is 49.2 Å². The van der Waals surface area contributed by atoms with Crippen LogP contribution in [0.2, 0.25) is 0 Å². The number of ether oxygens (including phenoxy) is 2. The van der Waals surface area contributed by atoms with Crippen LogP contribution in [0.25, 0.3) is 22.2 Å². The highest BCUT2D eigenvalue weighted by Crippen LogP contribution is 2.48. The SMILES string of the molecule is C[C@]1(C(=O)NC[C@H](O)CO)COc2c1cc([C@@](O)(CNC(=O)c1cc(OC3CC3)c3ncccc3c1)C(F)(F)F)nc2-c1ccc(F)cc1. The van der Waals surface area contributed by atoms with Crippen molar-refractivity contribution in [2.75, 3.05) is 26.3 Å². The number of halogens is 4. The van der Waals surface area contributed by atoms with Gasteiger partial charge in [0.25, 0.3) is 5.91 Å². The van der Waals surface area contributed by atoms with Crippen molar-refractivity contribution in [1.29, 1.82) is 0 Å². The Kier molecular flexibility index (Phi) is 8.94. The number of carbonyl (C=O) groups is 2. The lowest BCUT2D eigenvalue weighted by molar-refractivity contribution is -0.265. The van der Waals surface area contributed by atoms with Crippen LogP contribution in [0.3, 0.4) is 0 Å². The van der Waals surface area contributed by atoms with Crippen LogP contribution in [-0.4, -0.2) is 81.8 Å². The highest BCUT2D eigenvalue weighted by atomic mass is 19.4. The second-order valence-corrected chi connectivity index (χ2v) is 12.3. The first-order valence-electron chi connectivity index (χ1n) is 15.4. The molecule has 1 fully saturated rings. The Hall–Kier alpha value is -4.86. The smallest absolute Gasteiger partial charge is 0.424 e. The van der Waals surface area contributed by atoms with E-state index >= 15 is 0 Å². The molecule has 3 atom stereocenters. The molecular weight excluding hydrogens is 652 g/mol. The van der Waals surface area contributed by atoms with Gasteiger partial charge in [-0.25, -0.2) is 9.37 Å². The molecule has 49 heavy (non-hydrogen) atoms. The van der Waals surface area contributed by atoms with Crippen LogP contribution in [0.1, 0.15) is 41.4 Å². The number of alkyl halides is 3. The molecule has 11 nitrogen and oxygen atoms in total. The molecule has 0 radical (unpaired) electrons. The summed E-state index contributed by atoms with van der Waals surface area (Å²) in [6.07, 6.45) is -3.59.